The summed E-state index contributed by atoms with van der Waals surface area (Å²) in [6.45, 7) is 33.2. The molecule has 16 aromatic rings. The number of rotatable bonds is 19. The van der Waals surface area contributed by atoms with E-state index in [0.29, 0.717) is 66.8 Å². The van der Waals surface area contributed by atoms with Crippen LogP contribution in [0.3, 0.4) is 0 Å². The van der Waals surface area contributed by atoms with Gasteiger partial charge in [0.25, 0.3) is 0 Å². The number of benzene rings is 12. The topological polar surface area (TPSA) is 90.8 Å². The monoisotopic (exact) mass is 1340 g/mol. The first-order valence-corrected chi connectivity index (χ1v) is 35.3. The van der Waals surface area contributed by atoms with E-state index in [-0.39, 0.29) is 11.6 Å². The SMILES string of the molecule is C=CC(=O)c1ccc2c(-c3c(OP(n4c5ccc(C)cc5c5cc(C=C)ccc54)n4c5ccc(C)cc5c5cc(C=C)ccc54)cc(OC)c4cc(C(=O)C=C)ccc34)c(OP(n3c4ccc(C)cc4c4cc(C=C)ccc43)n3c4ccc(C)cc4c4cc(C=C)ccc43)cc(OC)c2c1. The second-order valence-corrected chi connectivity index (χ2v) is 28.5. The third-order valence-corrected chi connectivity index (χ3v) is 23.2. The van der Waals surface area contributed by atoms with Crippen LogP contribution in [-0.2, 0) is 0 Å². The summed E-state index contributed by atoms with van der Waals surface area (Å²) in [4.78, 5) is 28.0. The minimum Gasteiger partial charge on any atom is -0.496 e. The lowest BCUT2D eigenvalue weighted by atomic mass is 9.89. The van der Waals surface area contributed by atoms with E-state index in [0.717, 1.165) is 132 Å². The molecule has 0 saturated heterocycles. The van der Waals surface area contributed by atoms with Crippen LogP contribution in [0.1, 0.15) is 65.2 Å². The Bertz CT molecular complexity index is 5690. The molecule has 486 valence electrons. The van der Waals surface area contributed by atoms with Crippen LogP contribution in [0.25, 0.3) is 144 Å². The first-order chi connectivity index (χ1) is 48.6. The third kappa shape index (κ3) is 10.00. The van der Waals surface area contributed by atoms with Crippen molar-refractivity contribution < 1.29 is 28.1 Å². The predicted molar refractivity (Wildman–Crippen MR) is 423 cm³/mol. The number of methoxy groups -OCH3 is 2. The van der Waals surface area contributed by atoms with Crippen LogP contribution in [0, 0.1) is 27.7 Å². The van der Waals surface area contributed by atoms with E-state index in [4.69, 9.17) is 18.5 Å². The van der Waals surface area contributed by atoms with Crippen molar-refractivity contribution in [3.05, 3.63) is 301 Å². The van der Waals surface area contributed by atoms with Gasteiger partial charge in [0.15, 0.2) is 11.6 Å². The number of ether oxygens (including phenoxy) is 2. The molecule has 4 aromatic heterocycles. The smallest absolute Gasteiger partial charge is 0.319 e. The highest BCUT2D eigenvalue weighted by Crippen LogP contribution is 2.61. The van der Waals surface area contributed by atoms with Gasteiger partial charge in [0.1, 0.15) is 23.0 Å². The Labute approximate surface area is 581 Å². The van der Waals surface area contributed by atoms with E-state index < -0.39 is 16.9 Å². The lowest BCUT2D eigenvalue weighted by Gasteiger charge is -2.29. The second kappa shape index (κ2) is 24.6. The first-order valence-electron chi connectivity index (χ1n) is 33.0. The normalized spacial score (nSPS) is 11.8. The van der Waals surface area contributed by atoms with Crippen molar-refractivity contribution in [2.45, 2.75) is 27.7 Å². The summed E-state index contributed by atoms with van der Waals surface area (Å²) in [6, 6.07) is 67.5. The van der Waals surface area contributed by atoms with Gasteiger partial charge in [-0.05, 0) is 182 Å². The van der Waals surface area contributed by atoms with Crippen LogP contribution < -0.4 is 18.5 Å². The number of nitrogens with zero attached hydrogens (tertiary/aromatic N) is 4. The quantitative estimate of drug-likeness (QED) is 0.0455. The minimum absolute atomic E-state index is 0.260. The maximum atomic E-state index is 14.0. The van der Waals surface area contributed by atoms with Gasteiger partial charge >= 0.3 is 16.9 Å². The van der Waals surface area contributed by atoms with Gasteiger partial charge in [0.05, 0.1) is 58.4 Å². The fourth-order valence-corrected chi connectivity index (χ4v) is 18.8. The Balaban J connectivity index is 1.08. The molecule has 0 bridgehead atoms. The zero-order valence-corrected chi connectivity index (χ0v) is 58.1. The number of hydrogen-bond acceptors (Lipinski definition) is 6. The average Bonchev–Trinajstić information content (AvgIpc) is 0.807. The summed E-state index contributed by atoms with van der Waals surface area (Å²) in [5.41, 5.74) is 17.9. The summed E-state index contributed by atoms with van der Waals surface area (Å²) in [6.07, 6.45) is 10.2. The summed E-state index contributed by atoms with van der Waals surface area (Å²) < 4.78 is 39.5. The molecule has 0 saturated carbocycles. The van der Waals surface area contributed by atoms with Crippen molar-refractivity contribution in [2.75, 3.05) is 14.2 Å². The lowest BCUT2D eigenvalue weighted by molar-refractivity contribution is 0.103. The average molecular weight is 1340 g/mol. The Morgan fingerprint density at radius 2 is 0.560 bits per heavy atom. The van der Waals surface area contributed by atoms with Crippen molar-refractivity contribution >= 4 is 162 Å². The van der Waals surface area contributed by atoms with Gasteiger partial charge in [-0.25, -0.2) is 0 Å². The molecule has 0 aliphatic heterocycles. The molecule has 0 aliphatic rings. The van der Waals surface area contributed by atoms with Crippen molar-refractivity contribution in [3.63, 3.8) is 0 Å². The van der Waals surface area contributed by atoms with E-state index in [1.54, 1.807) is 14.2 Å². The molecule has 4 heterocycles. The van der Waals surface area contributed by atoms with E-state index in [9.17, 15) is 9.59 Å². The molecule has 0 atom stereocenters. The number of allylic oxidation sites excluding steroid dienone is 2. The molecule has 100 heavy (non-hydrogen) atoms. The van der Waals surface area contributed by atoms with Crippen LogP contribution in [0.5, 0.6) is 23.0 Å². The van der Waals surface area contributed by atoms with E-state index in [1.165, 1.54) is 12.2 Å². The van der Waals surface area contributed by atoms with Gasteiger partial charge in [0.2, 0.25) is 0 Å². The largest absolute Gasteiger partial charge is 0.496 e. The van der Waals surface area contributed by atoms with Gasteiger partial charge in [-0.15, -0.1) is 0 Å². The Morgan fingerprint density at radius 3 is 0.810 bits per heavy atom. The van der Waals surface area contributed by atoms with Gasteiger partial charge in [0, 0.05) is 88.2 Å². The summed E-state index contributed by atoms with van der Waals surface area (Å²) in [7, 11) is -0.973. The highest BCUT2D eigenvalue weighted by Gasteiger charge is 2.35. The van der Waals surface area contributed by atoms with Crippen molar-refractivity contribution in [1.29, 1.82) is 0 Å². The minimum atomic E-state index is -2.13. The molecule has 0 radical (unpaired) electrons. The number of fused-ring (bicyclic) bond motifs is 14. The number of hydrogen-bond donors (Lipinski definition) is 0. The van der Waals surface area contributed by atoms with Crippen LogP contribution in [0.4, 0.5) is 0 Å². The molecular weight excluding hydrogens is 1270 g/mol. The van der Waals surface area contributed by atoms with Gasteiger partial charge in [-0.2, -0.15) is 0 Å². The van der Waals surface area contributed by atoms with Crippen LogP contribution >= 0.6 is 16.9 Å². The lowest BCUT2D eigenvalue weighted by Crippen LogP contribution is -2.10. The zero-order valence-electron chi connectivity index (χ0n) is 56.3. The van der Waals surface area contributed by atoms with E-state index in [2.05, 4.69) is 230 Å². The molecule has 12 aromatic carbocycles. The molecule has 0 N–H and O–H groups in total. The van der Waals surface area contributed by atoms with E-state index in [1.807, 2.05) is 72.8 Å². The van der Waals surface area contributed by atoms with Gasteiger partial charge < -0.3 is 18.5 Å². The van der Waals surface area contributed by atoms with Crippen molar-refractivity contribution in [2.24, 2.45) is 0 Å². The van der Waals surface area contributed by atoms with Crippen molar-refractivity contribution in [3.8, 4) is 34.1 Å². The fourth-order valence-electron chi connectivity index (χ4n) is 14.6. The standard InChI is InChI=1S/C88H68N4O6P2/c1-13-55-23-35-77-67(43-55)63-39-51(7)19-31-73(63)89(77)99(90-74-32-20-52(8)40-64(74)68-44-56(14-2)24-36-78(68)90)97-85-49-83(95-11)71-47-59(81(93)17-5)27-29-61(71)87(85)88-62-30-28-60(82(94)18-6)48-72(62)84(96-12)50-86(88)98-100(91-75-33-21-53(9)41-65(75)69-45-57(15-3)25-37-79(69)91)92-76-34-22-54(10)42-66(76)70-46-58(16-4)26-38-80(70)92/h13-50H,1-6H2,7-12H3. The van der Waals surface area contributed by atoms with Crippen LogP contribution in [-0.4, -0.2) is 43.1 Å². The molecule has 0 aliphatic carbocycles. The number of aromatic nitrogens is 4. The Morgan fingerprint density at radius 1 is 0.300 bits per heavy atom. The first kappa shape index (κ1) is 63.0. The maximum Gasteiger partial charge on any atom is 0.319 e. The van der Waals surface area contributed by atoms with Crippen LogP contribution in [0.15, 0.2) is 246 Å². The zero-order chi connectivity index (χ0) is 69.1. The number of ketones is 2. The van der Waals surface area contributed by atoms with Crippen LogP contribution in [0.2, 0.25) is 0 Å². The Hall–Kier alpha value is -11.8. The number of aryl methyl sites for hydroxylation is 4. The van der Waals surface area contributed by atoms with Crippen molar-refractivity contribution in [1.82, 2.24) is 17.4 Å². The van der Waals surface area contributed by atoms with Gasteiger partial charge in [-0.3, -0.25) is 26.9 Å². The molecular formula is C88H68N4O6P2. The summed E-state index contributed by atoms with van der Waals surface area (Å²) >= 11 is 0. The van der Waals surface area contributed by atoms with E-state index >= 15 is 0 Å². The Kier molecular flexibility index (Phi) is 15.5. The number of carbonyl (C=O) groups excluding carboxylic acids is 2. The molecule has 0 amide bonds. The predicted octanol–water partition coefficient (Wildman–Crippen LogP) is 24.1. The number of carbonyl (C=O) groups is 2. The highest BCUT2D eigenvalue weighted by atomic mass is 31.2. The summed E-state index contributed by atoms with van der Waals surface area (Å²) in [5.74, 6) is 1.23. The molecule has 12 heteroatoms. The third-order valence-electron chi connectivity index (χ3n) is 19.4. The fraction of sp³-hybridized carbons (Fsp3) is 0.0682. The highest BCUT2D eigenvalue weighted by molar-refractivity contribution is 7.51. The molecule has 16 rings (SSSR count). The molecule has 0 spiro atoms. The molecule has 10 nitrogen and oxygen atoms in total. The second-order valence-electron chi connectivity index (χ2n) is 25.5. The molecule has 0 unspecified atom stereocenters. The molecule has 0 fully saturated rings. The maximum absolute atomic E-state index is 14.0. The summed E-state index contributed by atoms with van der Waals surface area (Å²) in [5, 5.41) is 10.9. The van der Waals surface area contributed by atoms with Gasteiger partial charge in [-0.1, -0.05) is 159 Å².